The standard InChI is InChI=1S/C21H23ClN4O3S/c1-14(27)25-9-11-26(12-10-25)17-6-4-16(5-7-17)23-21(30)24-20(28)18-13-15(22)3-8-19(18)29-2/h3-8,13H,9-12H2,1-2H3,(H2,23,24,28,30). The summed E-state index contributed by atoms with van der Waals surface area (Å²) in [4.78, 5) is 28.0. The highest BCUT2D eigenvalue weighted by molar-refractivity contribution is 7.80. The predicted octanol–water partition coefficient (Wildman–Crippen LogP) is 3.14. The number of rotatable bonds is 4. The van der Waals surface area contributed by atoms with Crippen LogP contribution in [0.4, 0.5) is 11.4 Å². The van der Waals surface area contributed by atoms with Gasteiger partial charge < -0.3 is 19.9 Å². The molecule has 9 heteroatoms. The molecule has 0 aromatic heterocycles. The van der Waals surface area contributed by atoms with Gasteiger partial charge in [-0.25, -0.2) is 0 Å². The SMILES string of the molecule is COc1ccc(Cl)cc1C(=O)NC(=S)Nc1ccc(N2CCN(C(C)=O)CC2)cc1. The van der Waals surface area contributed by atoms with Crippen LogP contribution in [0.15, 0.2) is 42.5 Å². The van der Waals surface area contributed by atoms with Crippen LogP contribution in [-0.4, -0.2) is 55.1 Å². The second-order valence-electron chi connectivity index (χ2n) is 6.79. The van der Waals surface area contributed by atoms with Crippen molar-refractivity contribution in [2.75, 3.05) is 43.5 Å². The van der Waals surface area contributed by atoms with E-state index in [0.717, 1.165) is 37.6 Å². The number of anilines is 2. The summed E-state index contributed by atoms with van der Waals surface area (Å²) in [6, 6.07) is 12.6. The number of amides is 2. The molecule has 0 radical (unpaired) electrons. The van der Waals surface area contributed by atoms with Gasteiger partial charge in [0.05, 0.1) is 12.7 Å². The number of nitrogens with zero attached hydrogens (tertiary/aromatic N) is 2. The highest BCUT2D eigenvalue weighted by Crippen LogP contribution is 2.23. The first-order valence-electron chi connectivity index (χ1n) is 9.44. The van der Waals surface area contributed by atoms with Crippen LogP contribution >= 0.6 is 23.8 Å². The number of hydrogen-bond donors (Lipinski definition) is 2. The molecule has 0 atom stereocenters. The van der Waals surface area contributed by atoms with E-state index in [-0.39, 0.29) is 11.0 Å². The number of ether oxygens (including phenoxy) is 1. The Morgan fingerprint density at radius 1 is 1.07 bits per heavy atom. The Morgan fingerprint density at radius 3 is 2.33 bits per heavy atom. The molecule has 2 amide bonds. The number of carbonyl (C=O) groups is 2. The zero-order valence-electron chi connectivity index (χ0n) is 16.8. The average Bonchev–Trinajstić information content (AvgIpc) is 2.74. The summed E-state index contributed by atoms with van der Waals surface area (Å²) in [5, 5.41) is 6.24. The summed E-state index contributed by atoms with van der Waals surface area (Å²) in [7, 11) is 1.48. The molecule has 1 aliphatic heterocycles. The van der Waals surface area contributed by atoms with Gasteiger partial charge in [-0.1, -0.05) is 11.6 Å². The zero-order valence-corrected chi connectivity index (χ0v) is 18.3. The van der Waals surface area contributed by atoms with E-state index in [2.05, 4.69) is 15.5 Å². The Morgan fingerprint density at radius 2 is 1.73 bits per heavy atom. The topological polar surface area (TPSA) is 73.9 Å². The molecule has 0 spiro atoms. The minimum absolute atomic E-state index is 0.111. The highest BCUT2D eigenvalue weighted by atomic mass is 35.5. The molecule has 2 N–H and O–H groups in total. The number of halogens is 1. The number of hydrogen-bond acceptors (Lipinski definition) is 5. The maximum Gasteiger partial charge on any atom is 0.261 e. The van der Waals surface area contributed by atoms with Crippen LogP contribution in [0.3, 0.4) is 0 Å². The smallest absolute Gasteiger partial charge is 0.261 e. The van der Waals surface area contributed by atoms with Crippen molar-refractivity contribution in [1.29, 1.82) is 0 Å². The maximum atomic E-state index is 12.5. The summed E-state index contributed by atoms with van der Waals surface area (Å²) < 4.78 is 5.20. The van der Waals surface area contributed by atoms with E-state index in [4.69, 9.17) is 28.6 Å². The highest BCUT2D eigenvalue weighted by Gasteiger charge is 2.19. The molecule has 7 nitrogen and oxygen atoms in total. The Labute approximate surface area is 185 Å². The first kappa shape index (κ1) is 21.9. The molecule has 1 aliphatic rings. The van der Waals surface area contributed by atoms with Crippen LogP contribution in [0, 0.1) is 0 Å². The fourth-order valence-corrected chi connectivity index (χ4v) is 3.61. The molecule has 1 heterocycles. The summed E-state index contributed by atoms with van der Waals surface area (Å²) in [5.74, 6) is 0.112. The number of piperazine rings is 1. The van der Waals surface area contributed by atoms with Crippen LogP contribution in [0.2, 0.25) is 5.02 Å². The second kappa shape index (κ2) is 9.77. The molecule has 2 aromatic rings. The van der Waals surface area contributed by atoms with E-state index in [9.17, 15) is 9.59 Å². The Kier molecular flexibility index (Phi) is 7.12. The largest absolute Gasteiger partial charge is 0.496 e. The summed E-state index contributed by atoms with van der Waals surface area (Å²) in [5.41, 5.74) is 2.13. The molecule has 0 unspecified atom stereocenters. The number of benzene rings is 2. The van der Waals surface area contributed by atoms with Gasteiger partial charge in [0.15, 0.2) is 5.11 Å². The van der Waals surface area contributed by atoms with Crippen molar-refractivity contribution in [3.05, 3.63) is 53.1 Å². The lowest BCUT2D eigenvalue weighted by Gasteiger charge is -2.35. The molecule has 30 heavy (non-hydrogen) atoms. The molecule has 0 saturated carbocycles. The normalized spacial score (nSPS) is 13.6. The van der Waals surface area contributed by atoms with Gasteiger partial charge in [0.25, 0.3) is 5.91 Å². The third kappa shape index (κ3) is 5.40. The number of thiocarbonyl (C=S) groups is 1. The summed E-state index contributed by atoms with van der Waals surface area (Å²) in [6.45, 7) is 4.63. The van der Waals surface area contributed by atoms with Crippen molar-refractivity contribution < 1.29 is 14.3 Å². The zero-order chi connectivity index (χ0) is 21.7. The number of carbonyl (C=O) groups excluding carboxylic acids is 2. The predicted molar refractivity (Wildman–Crippen MR) is 123 cm³/mol. The Hall–Kier alpha value is -2.84. The Bertz CT molecular complexity index is 944. The lowest BCUT2D eigenvalue weighted by molar-refractivity contribution is -0.129. The lowest BCUT2D eigenvalue weighted by atomic mass is 10.2. The molecule has 3 rings (SSSR count). The Balaban J connectivity index is 1.57. The van der Waals surface area contributed by atoms with Gasteiger partial charge >= 0.3 is 0 Å². The molecule has 0 aliphatic carbocycles. The monoisotopic (exact) mass is 446 g/mol. The first-order chi connectivity index (χ1) is 14.4. The second-order valence-corrected chi connectivity index (χ2v) is 7.64. The van der Waals surface area contributed by atoms with Crippen molar-refractivity contribution in [2.24, 2.45) is 0 Å². The summed E-state index contributed by atoms with van der Waals surface area (Å²) >= 11 is 11.2. The lowest BCUT2D eigenvalue weighted by Crippen LogP contribution is -2.48. The minimum atomic E-state index is -0.410. The molecule has 158 valence electrons. The molecule has 1 saturated heterocycles. The van der Waals surface area contributed by atoms with Crippen molar-refractivity contribution in [2.45, 2.75) is 6.92 Å². The average molecular weight is 447 g/mol. The van der Waals surface area contributed by atoms with E-state index in [1.807, 2.05) is 29.2 Å². The van der Waals surface area contributed by atoms with E-state index < -0.39 is 5.91 Å². The van der Waals surface area contributed by atoms with E-state index in [0.29, 0.717) is 16.3 Å². The van der Waals surface area contributed by atoms with E-state index in [1.54, 1.807) is 19.1 Å². The van der Waals surface area contributed by atoms with Crippen LogP contribution in [0.1, 0.15) is 17.3 Å². The molecule has 1 fully saturated rings. The van der Waals surface area contributed by atoms with Crippen molar-refractivity contribution >= 4 is 52.1 Å². The van der Waals surface area contributed by atoms with Crippen LogP contribution in [-0.2, 0) is 4.79 Å². The quantitative estimate of drug-likeness (QED) is 0.703. The van der Waals surface area contributed by atoms with Gasteiger partial charge in [-0.3, -0.25) is 14.9 Å². The third-order valence-electron chi connectivity index (χ3n) is 4.85. The van der Waals surface area contributed by atoms with Crippen molar-refractivity contribution in [1.82, 2.24) is 10.2 Å². The summed E-state index contributed by atoms with van der Waals surface area (Å²) in [6.07, 6.45) is 0. The fourth-order valence-electron chi connectivity index (χ4n) is 3.23. The maximum absolute atomic E-state index is 12.5. The van der Waals surface area contributed by atoms with Crippen molar-refractivity contribution in [3.63, 3.8) is 0 Å². The van der Waals surface area contributed by atoms with E-state index in [1.165, 1.54) is 13.2 Å². The van der Waals surface area contributed by atoms with Gasteiger partial charge in [0, 0.05) is 49.5 Å². The van der Waals surface area contributed by atoms with Crippen LogP contribution in [0.25, 0.3) is 0 Å². The number of nitrogens with one attached hydrogen (secondary N) is 2. The van der Waals surface area contributed by atoms with Crippen molar-refractivity contribution in [3.8, 4) is 5.75 Å². The molecular formula is C21H23ClN4O3S. The minimum Gasteiger partial charge on any atom is -0.496 e. The molecule has 2 aromatic carbocycles. The van der Waals surface area contributed by atoms with Gasteiger partial charge in [0.2, 0.25) is 5.91 Å². The van der Waals surface area contributed by atoms with E-state index >= 15 is 0 Å². The molecule has 0 bridgehead atoms. The van der Waals surface area contributed by atoms with Gasteiger partial charge in [-0.15, -0.1) is 0 Å². The first-order valence-corrected chi connectivity index (χ1v) is 10.2. The van der Waals surface area contributed by atoms with Crippen LogP contribution < -0.4 is 20.3 Å². The third-order valence-corrected chi connectivity index (χ3v) is 5.29. The number of methoxy groups -OCH3 is 1. The van der Waals surface area contributed by atoms with Crippen LogP contribution in [0.5, 0.6) is 5.75 Å². The molecular weight excluding hydrogens is 424 g/mol. The van der Waals surface area contributed by atoms with Gasteiger partial charge in [0.1, 0.15) is 5.75 Å². The van der Waals surface area contributed by atoms with Gasteiger partial charge in [-0.05, 0) is 54.7 Å². The fraction of sp³-hybridized carbons (Fsp3) is 0.286. The van der Waals surface area contributed by atoms with Gasteiger partial charge in [-0.2, -0.15) is 0 Å².